The van der Waals surface area contributed by atoms with Crippen molar-refractivity contribution in [1.82, 2.24) is 5.32 Å². The quantitative estimate of drug-likeness (QED) is 0.803. The lowest BCUT2D eigenvalue weighted by Gasteiger charge is -2.16. The summed E-state index contributed by atoms with van der Waals surface area (Å²) >= 11 is 6.06. The second-order valence-electron chi connectivity index (χ2n) is 5.45. The Morgan fingerprint density at radius 2 is 1.91 bits per heavy atom. The number of aryl methyl sites for hydroxylation is 2. The highest BCUT2D eigenvalue weighted by atomic mass is 35.5. The van der Waals surface area contributed by atoms with Gasteiger partial charge in [-0.1, -0.05) is 53.6 Å². The van der Waals surface area contributed by atoms with E-state index in [2.05, 4.69) is 37.4 Å². The van der Waals surface area contributed by atoms with Crippen LogP contribution in [0.2, 0.25) is 5.02 Å². The van der Waals surface area contributed by atoms with Crippen LogP contribution in [0.15, 0.2) is 48.5 Å². The van der Waals surface area contributed by atoms with Gasteiger partial charge in [-0.05, 0) is 49.6 Å². The van der Waals surface area contributed by atoms with Gasteiger partial charge in [-0.25, -0.2) is 0 Å². The van der Waals surface area contributed by atoms with Crippen LogP contribution in [0.25, 0.3) is 6.08 Å². The maximum Gasteiger partial charge on any atom is 0.244 e. The molecule has 1 N–H and O–H groups in total. The van der Waals surface area contributed by atoms with Crippen molar-refractivity contribution in [1.29, 1.82) is 0 Å². The fourth-order valence-electron chi connectivity index (χ4n) is 2.34. The van der Waals surface area contributed by atoms with Crippen LogP contribution in [-0.4, -0.2) is 5.91 Å². The van der Waals surface area contributed by atoms with E-state index in [0.717, 1.165) is 11.1 Å². The molecule has 22 heavy (non-hydrogen) atoms. The molecule has 0 spiro atoms. The van der Waals surface area contributed by atoms with E-state index in [4.69, 9.17) is 11.6 Å². The molecule has 1 unspecified atom stereocenters. The predicted molar refractivity (Wildman–Crippen MR) is 93.0 cm³/mol. The van der Waals surface area contributed by atoms with Crippen LogP contribution in [0, 0.1) is 13.8 Å². The summed E-state index contributed by atoms with van der Waals surface area (Å²) in [4.78, 5) is 12.1. The first-order valence-corrected chi connectivity index (χ1v) is 7.65. The van der Waals surface area contributed by atoms with Crippen LogP contribution < -0.4 is 5.32 Å². The molecule has 0 aliphatic heterocycles. The number of rotatable bonds is 4. The van der Waals surface area contributed by atoms with Crippen molar-refractivity contribution in [2.24, 2.45) is 0 Å². The Hall–Kier alpha value is -2.06. The van der Waals surface area contributed by atoms with Crippen molar-refractivity contribution in [2.75, 3.05) is 0 Å². The highest BCUT2D eigenvalue weighted by Gasteiger charge is 2.10. The summed E-state index contributed by atoms with van der Waals surface area (Å²) in [5.41, 5.74) is 4.33. The summed E-state index contributed by atoms with van der Waals surface area (Å²) in [6.07, 6.45) is 3.25. The number of carbonyl (C=O) groups excluding carboxylic acids is 1. The second-order valence-corrected chi connectivity index (χ2v) is 5.85. The number of halogens is 1. The lowest BCUT2D eigenvalue weighted by Crippen LogP contribution is -2.25. The van der Waals surface area contributed by atoms with E-state index in [0.29, 0.717) is 5.02 Å². The standard InChI is InChI=1S/C19H20ClNO/c1-13-8-9-14(2)17(12-13)15(3)21-19(22)11-10-16-6-4-5-7-18(16)20/h4-12,15H,1-3H3,(H,21,22)/b11-10+. The number of nitrogens with one attached hydrogen (secondary N) is 1. The van der Waals surface area contributed by atoms with Crippen molar-refractivity contribution in [3.63, 3.8) is 0 Å². The third-order valence-electron chi connectivity index (χ3n) is 3.58. The van der Waals surface area contributed by atoms with Crippen LogP contribution in [0.5, 0.6) is 0 Å². The van der Waals surface area contributed by atoms with Crippen molar-refractivity contribution in [3.8, 4) is 0 Å². The van der Waals surface area contributed by atoms with Crippen LogP contribution in [0.3, 0.4) is 0 Å². The van der Waals surface area contributed by atoms with E-state index in [1.807, 2.05) is 25.1 Å². The fraction of sp³-hybridized carbons (Fsp3) is 0.211. The largest absolute Gasteiger partial charge is 0.346 e. The number of hydrogen-bond donors (Lipinski definition) is 1. The normalized spacial score (nSPS) is 12.4. The molecule has 2 rings (SSSR count). The molecule has 2 aromatic carbocycles. The van der Waals surface area contributed by atoms with E-state index in [1.165, 1.54) is 17.2 Å². The van der Waals surface area contributed by atoms with E-state index in [1.54, 1.807) is 12.1 Å². The number of amides is 1. The molecule has 2 nitrogen and oxygen atoms in total. The van der Waals surface area contributed by atoms with Gasteiger partial charge in [0, 0.05) is 11.1 Å². The summed E-state index contributed by atoms with van der Waals surface area (Å²) in [6, 6.07) is 13.7. The van der Waals surface area contributed by atoms with Gasteiger partial charge >= 0.3 is 0 Å². The summed E-state index contributed by atoms with van der Waals surface area (Å²) < 4.78 is 0. The zero-order valence-electron chi connectivity index (χ0n) is 13.1. The topological polar surface area (TPSA) is 29.1 Å². The monoisotopic (exact) mass is 313 g/mol. The summed E-state index contributed by atoms with van der Waals surface area (Å²) in [6.45, 7) is 6.09. The highest BCUT2D eigenvalue weighted by molar-refractivity contribution is 6.32. The minimum atomic E-state index is -0.131. The number of hydrogen-bond acceptors (Lipinski definition) is 1. The van der Waals surface area contributed by atoms with Gasteiger partial charge in [-0.15, -0.1) is 0 Å². The van der Waals surface area contributed by atoms with E-state index in [9.17, 15) is 4.79 Å². The first kappa shape index (κ1) is 16.3. The van der Waals surface area contributed by atoms with E-state index >= 15 is 0 Å². The molecule has 114 valence electrons. The van der Waals surface area contributed by atoms with Gasteiger partial charge in [0.05, 0.1) is 6.04 Å². The first-order valence-electron chi connectivity index (χ1n) is 7.27. The molecule has 0 saturated heterocycles. The Morgan fingerprint density at radius 1 is 1.18 bits per heavy atom. The van der Waals surface area contributed by atoms with Gasteiger partial charge in [0.25, 0.3) is 0 Å². The molecule has 0 fully saturated rings. The highest BCUT2D eigenvalue weighted by Crippen LogP contribution is 2.19. The fourth-order valence-corrected chi connectivity index (χ4v) is 2.54. The molecule has 1 atom stereocenters. The van der Waals surface area contributed by atoms with Gasteiger partial charge in [-0.2, -0.15) is 0 Å². The SMILES string of the molecule is Cc1ccc(C)c(C(C)NC(=O)/C=C/c2ccccc2Cl)c1. The molecule has 2 aromatic rings. The van der Waals surface area contributed by atoms with Gasteiger partial charge in [0.15, 0.2) is 0 Å². The Balaban J connectivity index is 2.06. The van der Waals surface area contributed by atoms with Crippen molar-refractivity contribution in [3.05, 3.63) is 75.8 Å². The molecule has 0 heterocycles. The molecule has 0 saturated carbocycles. The second kappa shape index (κ2) is 7.28. The first-order chi connectivity index (χ1) is 10.5. The van der Waals surface area contributed by atoms with E-state index in [-0.39, 0.29) is 11.9 Å². The number of benzene rings is 2. The lowest BCUT2D eigenvalue weighted by atomic mass is 10.00. The molecule has 0 bridgehead atoms. The van der Waals surface area contributed by atoms with Gasteiger partial charge in [0.1, 0.15) is 0 Å². The van der Waals surface area contributed by atoms with Crippen LogP contribution in [0.1, 0.15) is 35.2 Å². The Bertz CT molecular complexity index is 706. The van der Waals surface area contributed by atoms with E-state index < -0.39 is 0 Å². The molecule has 1 amide bonds. The molecule has 3 heteroatoms. The average molecular weight is 314 g/mol. The van der Waals surface area contributed by atoms with Crippen molar-refractivity contribution >= 4 is 23.6 Å². The van der Waals surface area contributed by atoms with Gasteiger partial charge in [0.2, 0.25) is 5.91 Å². The van der Waals surface area contributed by atoms with Crippen molar-refractivity contribution in [2.45, 2.75) is 26.8 Å². The summed E-state index contributed by atoms with van der Waals surface area (Å²) in [5.74, 6) is -0.131. The molecule has 0 radical (unpaired) electrons. The van der Waals surface area contributed by atoms with Crippen LogP contribution in [0.4, 0.5) is 0 Å². The molecule has 0 aliphatic rings. The van der Waals surface area contributed by atoms with Gasteiger partial charge in [-0.3, -0.25) is 4.79 Å². The summed E-state index contributed by atoms with van der Waals surface area (Å²) in [7, 11) is 0. The maximum absolute atomic E-state index is 12.1. The Labute approximate surface area is 136 Å². The zero-order chi connectivity index (χ0) is 16.1. The summed E-state index contributed by atoms with van der Waals surface area (Å²) in [5, 5.41) is 3.62. The number of carbonyl (C=O) groups is 1. The third kappa shape index (κ3) is 4.22. The molecule has 0 aliphatic carbocycles. The average Bonchev–Trinajstić information content (AvgIpc) is 2.48. The van der Waals surface area contributed by atoms with Crippen LogP contribution in [-0.2, 0) is 4.79 Å². The maximum atomic E-state index is 12.1. The zero-order valence-corrected chi connectivity index (χ0v) is 13.8. The molecule has 0 aromatic heterocycles. The smallest absolute Gasteiger partial charge is 0.244 e. The third-order valence-corrected chi connectivity index (χ3v) is 3.92. The minimum absolute atomic E-state index is 0.0386. The lowest BCUT2D eigenvalue weighted by molar-refractivity contribution is -0.117. The van der Waals surface area contributed by atoms with Crippen molar-refractivity contribution < 1.29 is 4.79 Å². The Kier molecular flexibility index (Phi) is 5.40. The Morgan fingerprint density at radius 3 is 2.64 bits per heavy atom. The van der Waals surface area contributed by atoms with Crippen LogP contribution >= 0.6 is 11.6 Å². The molecular formula is C19H20ClNO. The minimum Gasteiger partial charge on any atom is -0.346 e. The molecular weight excluding hydrogens is 294 g/mol. The van der Waals surface area contributed by atoms with Gasteiger partial charge < -0.3 is 5.32 Å². The predicted octanol–water partition coefficient (Wildman–Crippen LogP) is 4.85.